The van der Waals surface area contributed by atoms with Gasteiger partial charge in [-0.2, -0.15) is 0 Å². The monoisotopic (exact) mass is 254 g/mol. The summed E-state index contributed by atoms with van der Waals surface area (Å²) in [7, 11) is 0. The molecule has 0 heterocycles. The molecule has 0 aromatic heterocycles. The maximum absolute atomic E-state index is 11.3. The van der Waals surface area contributed by atoms with E-state index in [-0.39, 0.29) is 5.56 Å². The van der Waals surface area contributed by atoms with Gasteiger partial charge >= 0.3 is 5.97 Å². The largest absolute Gasteiger partial charge is 0.475 e. The topological polar surface area (TPSA) is 54.4 Å². The number of rotatable bonds is 5. The number of carbonyl (C=O) groups is 2. The van der Waals surface area contributed by atoms with Gasteiger partial charge in [-0.1, -0.05) is 37.6 Å². The zero-order valence-electron chi connectivity index (χ0n) is 9.87. The molecule has 0 amide bonds. The lowest BCUT2D eigenvalue weighted by molar-refractivity contribution is -0.131. The first-order valence-electron chi connectivity index (χ1n) is 5.58. The molecule has 4 heteroatoms. The van der Waals surface area contributed by atoms with E-state index in [2.05, 4.69) is 13.8 Å². The molecule has 0 fully saturated rings. The third-order valence-electron chi connectivity index (χ3n) is 2.88. The first-order chi connectivity index (χ1) is 8.01. The van der Waals surface area contributed by atoms with Crippen LogP contribution in [0.5, 0.6) is 0 Å². The Bertz CT molecular complexity index is 436. The van der Waals surface area contributed by atoms with Gasteiger partial charge in [0.1, 0.15) is 0 Å². The molecule has 0 radical (unpaired) electrons. The first-order valence-corrected chi connectivity index (χ1v) is 5.96. The average molecular weight is 255 g/mol. The zero-order chi connectivity index (χ0) is 13.0. The van der Waals surface area contributed by atoms with Gasteiger partial charge in [0.25, 0.3) is 5.78 Å². The fraction of sp³-hybridized carbons (Fsp3) is 0.385. The zero-order valence-corrected chi connectivity index (χ0v) is 10.6. The molecule has 0 saturated heterocycles. The van der Waals surface area contributed by atoms with E-state index in [0.717, 1.165) is 18.4 Å². The fourth-order valence-corrected chi connectivity index (χ4v) is 2.19. The number of carboxylic acids is 1. The summed E-state index contributed by atoms with van der Waals surface area (Å²) in [5.41, 5.74) is 1.09. The second kappa shape index (κ2) is 5.82. The Morgan fingerprint density at radius 1 is 1.29 bits per heavy atom. The highest BCUT2D eigenvalue weighted by Gasteiger charge is 2.17. The van der Waals surface area contributed by atoms with Crippen molar-refractivity contribution in [1.82, 2.24) is 0 Å². The molecule has 1 rings (SSSR count). The normalized spacial score (nSPS) is 10.6. The lowest BCUT2D eigenvalue weighted by atomic mass is 9.93. The number of aliphatic carboxylic acids is 1. The van der Waals surface area contributed by atoms with Crippen LogP contribution in [0.1, 0.15) is 48.5 Å². The SMILES string of the molecule is CCC(CC)c1ccc(C(=O)C(=O)O)cc1Cl. The van der Waals surface area contributed by atoms with Crippen LogP contribution in [0.3, 0.4) is 0 Å². The van der Waals surface area contributed by atoms with Gasteiger partial charge in [0.05, 0.1) is 0 Å². The number of halogens is 1. The Kier molecular flexibility index (Phi) is 4.70. The van der Waals surface area contributed by atoms with Gasteiger partial charge in [-0.15, -0.1) is 0 Å². The number of Topliss-reactive ketones (excluding diaryl/α,β-unsaturated/α-hetero) is 1. The maximum atomic E-state index is 11.3. The van der Waals surface area contributed by atoms with Crippen LogP contribution >= 0.6 is 11.6 Å². The molecule has 1 aromatic rings. The molecule has 0 aliphatic heterocycles. The molecular weight excluding hydrogens is 240 g/mol. The number of hydrogen-bond acceptors (Lipinski definition) is 2. The van der Waals surface area contributed by atoms with Gasteiger partial charge in [-0.3, -0.25) is 4.79 Å². The predicted molar refractivity (Wildman–Crippen MR) is 66.7 cm³/mol. The molecular formula is C13H15ClO3. The highest BCUT2D eigenvalue weighted by molar-refractivity contribution is 6.40. The van der Waals surface area contributed by atoms with Crippen LogP contribution in [-0.4, -0.2) is 16.9 Å². The van der Waals surface area contributed by atoms with Crippen molar-refractivity contribution in [2.45, 2.75) is 32.6 Å². The second-order valence-corrected chi connectivity index (χ2v) is 4.29. The molecule has 3 nitrogen and oxygen atoms in total. The van der Waals surface area contributed by atoms with Crippen molar-refractivity contribution in [2.24, 2.45) is 0 Å². The molecule has 92 valence electrons. The Morgan fingerprint density at radius 3 is 2.29 bits per heavy atom. The van der Waals surface area contributed by atoms with Gasteiger partial charge in [-0.25, -0.2) is 4.79 Å². The van der Waals surface area contributed by atoms with Gasteiger partial charge in [0.2, 0.25) is 0 Å². The molecule has 17 heavy (non-hydrogen) atoms. The third kappa shape index (κ3) is 3.07. The van der Waals surface area contributed by atoms with E-state index in [1.807, 2.05) is 0 Å². The van der Waals surface area contributed by atoms with Crippen LogP contribution in [0.4, 0.5) is 0 Å². The number of hydrogen-bond donors (Lipinski definition) is 1. The highest BCUT2D eigenvalue weighted by Crippen LogP contribution is 2.30. The van der Waals surface area contributed by atoms with Crippen molar-refractivity contribution in [3.63, 3.8) is 0 Å². The first kappa shape index (κ1) is 13.7. The molecule has 0 spiro atoms. The Labute approximate surface area is 105 Å². The summed E-state index contributed by atoms with van der Waals surface area (Å²) in [6.07, 6.45) is 1.92. The van der Waals surface area contributed by atoms with E-state index in [1.54, 1.807) is 6.07 Å². The number of carboxylic acid groups (broad SMARTS) is 1. The standard InChI is InChI=1S/C13H15ClO3/c1-3-8(4-2)10-6-5-9(7-11(10)14)12(15)13(16)17/h5-8H,3-4H2,1-2H3,(H,16,17). The van der Waals surface area contributed by atoms with Crippen LogP contribution in [-0.2, 0) is 4.79 Å². The van der Waals surface area contributed by atoms with Crippen molar-refractivity contribution in [2.75, 3.05) is 0 Å². The van der Waals surface area contributed by atoms with Crippen molar-refractivity contribution in [1.29, 1.82) is 0 Å². The highest BCUT2D eigenvalue weighted by atomic mass is 35.5. The van der Waals surface area contributed by atoms with E-state index < -0.39 is 11.8 Å². The van der Waals surface area contributed by atoms with Crippen molar-refractivity contribution in [3.8, 4) is 0 Å². The Balaban J connectivity index is 3.09. The molecule has 0 saturated carbocycles. The summed E-state index contributed by atoms with van der Waals surface area (Å²) in [4.78, 5) is 21.8. The van der Waals surface area contributed by atoms with E-state index in [4.69, 9.17) is 16.7 Å². The lowest BCUT2D eigenvalue weighted by Gasteiger charge is -2.14. The van der Waals surface area contributed by atoms with Gasteiger partial charge in [-0.05, 0) is 30.4 Å². The quantitative estimate of drug-likeness (QED) is 0.646. The summed E-state index contributed by atoms with van der Waals surface area (Å²) in [5.74, 6) is -2.05. The minimum Gasteiger partial charge on any atom is -0.475 e. The molecule has 1 N–H and O–H groups in total. The lowest BCUT2D eigenvalue weighted by Crippen LogP contribution is -2.12. The van der Waals surface area contributed by atoms with E-state index in [9.17, 15) is 9.59 Å². The summed E-state index contributed by atoms with van der Waals surface area (Å²) >= 11 is 6.09. The van der Waals surface area contributed by atoms with E-state index in [0.29, 0.717) is 10.9 Å². The second-order valence-electron chi connectivity index (χ2n) is 3.88. The fourth-order valence-electron chi connectivity index (χ4n) is 1.85. The van der Waals surface area contributed by atoms with E-state index >= 15 is 0 Å². The van der Waals surface area contributed by atoms with Crippen molar-refractivity contribution >= 4 is 23.4 Å². The van der Waals surface area contributed by atoms with Crippen LogP contribution in [0.25, 0.3) is 0 Å². The van der Waals surface area contributed by atoms with Crippen molar-refractivity contribution in [3.05, 3.63) is 34.3 Å². The molecule has 0 aliphatic rings. The molecule has 1 aromatic carbocycles. The Morgan fingerprint density at radius 2 is 1.88 bits per heavy atom. The summed E-state index contributed by atoms with van der Waals surface area (Å²) in [6, 6.07) is 4.71. The minimum absolute atomic E-state index is 0.122. The molecule has 0 unspecified atom stereocenters. The number of ketones is 1. The summed E-state index contributed by atoms with van der Waals surface area (Å²) in [6.45, 7) is 4.14. The van der Waals surface area contributed by atoms with Gasteiger partial charge in [0, 0.05) is 10.6 Å². The number of benzene rings is 1. The summed E-state index contributed by atoms with van der Waals surface area (Å²) in [5, 5.41) is 9.07. The smallest absolute Gasteiger partial charge is 0.377 e. The van der Waals surface area contributed by atoms with Crippen LogP contribution < -0.4 is 0 Å². The molecule has 0 aliphatic carbocycles. The van der Waals surface area contributed by atoms with Crippen LogP contribution in [0.2, 0.25) is 5.02 Å². The number of carbonyl (C=O) groups excluding carboxylic acids is 1. The van der Waals surface area contributed by atoms with E-state index in [1.165, 1.54) is 12.1 Å². The average Bonchev–Trinajstić information content (AvgIpc) is 2.31. The summed E-state index contributed by atoms with van der Waals surface area (Å²) < 4.78 is 0. The third-order valence-corrected chi connectivity index (χ3v) is 3.21. The van der Waals surface area contributed by atoms with Crippen molar-refractivity contribution < 1.29 is 14.7 Å². The van der Waals surface area contributed by atoms with Crippen LogP contribution in [0, 0.1) is 0 Å². The minimum atomic E-state index is -1.46. The molecule has 0 bridgehead atoms. The maximum Gasteiger partial charge on any atom is 0.377 e. The van der Waals surface area contributed by atoms with Gasteiger partial charge in [0.15, 0.2) is 0 Å². The van der Waals surface area contributed by atoms with Crippen LogP contribution in [0.15, 0.2) is 18.2 Å². The predicted octanol–water partition coefficient (Wildman–Crippen LogP) is 3.51. The molecule has 0 atom stereocenters. The Hall–Kier alpha value is -1.35. The van der Waals surface area contributed by atoms with Gasteiger partial charge < -0.3 is 5.11 Å².